The number of piperazine rings is 1. The predicted octanol–water partition coefficient (Wildman–Crippen LogP) is 5.29. The number of nitrogens with zero attached hydrogens (tertiary/aromatic N) is 5. The summed E-state index contributed by atoms with van der Waals surface area (Å²) >= 11 is 0. The molecule has 7 nitrogen and oxygen atoms in total. The average Bonchev–Trinajstić information content (AvgIpc) is 3.43. The number of rotatable bonds is 5. The van der Waals surface area contributed by atoms with Crippen LogP contribution in [0.2, 0.25) is 0 Å². The van der Waals surface area contributed by atoms with Gasteiger partial charge in [-0.15, -0.1) is 0 Å². The maximum Gasteiger partial charge on any atom is 0.259 e. The van der Waals surface area contributed by atoms with Gasteiger partial charge in [-0.1, -0.05) is 59.8 Å². The largest absolute Gasteiger partial charge is 0.497 e. The van der Waals surface area contributed by atoms with E-state index >= 15 is 0 Å². The second-order valence-electron chi connectivity index (χ2n) is 8.51. The Morgan fingerprint density at radius 2 is 1.54 bits per heavy atom. The maximum atomic E-state index is 5.72. The van der Waals surface area contributed by atoms with E-state index in [2.05, 4.69) is 39.2 Å². The van der Waals surface area contributed by atoms with E-state index in [1.807, 2.05) is 60.7 Å². The van der Waals surface area contributed by atoms with E-state index < -0.39 is 0 Å². The Hall–Kier alpha value is -4.39. The first kappa shape index (κ1) is 21.2. The molecule has 0 radical (unpaired) electrons. The van der Waals surface area contributed by atoms with E-state index in [4.69, 9.17) is 19.2 Å². The van der Waals surface area contributed by atoms with E-state index in [1.165, 1.54) is 5.69 Å². The van der Waals surface area contributed by atoms with Gasteiger partial charge in [-0.3, -0.25) is 0 Å². The Kier molecular flexibility index (Phi) is 5.50. The first-order chi connectivity index (χ1) is 17.3. The van der Waals surface area contributed by atoms with Gasteiger partial charge >= 0.3 is 0 Å². The second kappa shape index (κ2) is 9.10. The van der Waals surface area contributed by atoms with Crippen molar-refractivity contribution in [3.63, 3.8) is 0 Å². The molecule has 0 saturated carbocycles. The fourth-order valence-corrected chi connectivity index (χ4v) is 4.54. The number of benzene rings is 3. The second-order valence-corrected chi connectivity index (χ2v) is 8.51. The van der Waals surface area contributed by atoms with Crippen LogP contribution in [0.1, 0.15) is 0 Å². The molecule has 1 aliphatic rings. The van der Waals surface area contributed by atoms with Crippen LogP contribution in [0.15, 0.2) is 89.5 Å². The van der Waals surface area contributed by atoms with Crippen LogP contribution in [0, 0.1) is 0 Å². The highest BCUT2D eigenvalue weighted by molar-refractivity contribution is 5.94. The van der Waals surface area contributed by atoms with Gasteiger partial charge in [0, 0.05) is 48.9 Å². The van der Waals surface area contributed by atoms with Crippen molar-refractivity contribution in [3.05, 3.63) is 84.9 Å². The Bertz CT molecular complexity index is 1460. The van der Waals surface area contributed by atoms with Crippen molar-refractivity contribution in [2.75, 3.05) is 43.1 Å². The summed E-state index contributed by atoms with van der Waals surface area (Å²) in [6.07, 6.45) is 0. The zero-order valence-corrected chi connectivity index (χ0v) is 19.5. The summed E-state index contributed by atoms with van der Waals surface area (Å²) in [6, 6.07) is 28.3. The lowest BCUT2D eigenvalue weighted by Gasteiger charge is -2.37. The van der Waals surface area contributed by atoms with Crippen molar-refractivity contribution >= 4 is 22.4 Å². The fraction of sp³-hybridized carbons (Fsp3) is 0.179. The molecule has 1 aliphatic heterocycles. The Morgan fingerprint density at radius 1 is 0.771 bits per heavy atom. The number of methoxy groups -OCH3 is 1. The van der Waals surface area contributed by atoms with Crippen molar-refractivity contribution in [2.24, 2.45) is 0 Å². The van der Waals surface area contributed by atoms with Gasteiger partial charge < -0.3 is 19.1 Å². The smallest absolute Gasteiger partial charge is 0.259 e. The summed E-state index contributed by atoms with van der Waals surface area (Å²) in [5.41, 5.74) is 3.91. The molecule has 0 atom stereocenters. The van der Waals surface area contributed by atoms with Gasteiger partial charge in [-0.25, -0.2) is 4.98 Å². The van der Waals surface area contributed by atoms with Crippen LogP contribution < -0.4 is 14.5 Å². The lowest BCUT2D eigenvalue weighted by Crippen LogP contribution is -2.46. The van der Waals surface area contributed by atoms with Gasteiger partial charge in [0.05, 0.1) is 18.2 Å². The normalized spacial score (nSPS) is 13.9. The molecule has 174 valence electrons. The number of anilines is 2. The Labute approximate surface area is 203 Å². The number of hydrogen-bond acceptors (Lipinski definition) is 7. The fourth-order valence-electron chi connectivity index (χ4n) is 4.54. The molecule has 0 amide bonds. The highest BCUT2D eigenvalue weighted by Gasteiger charge is 2.22. The quantitative estimate of drug-likeness (QED) is 0.351. The number of aromatic nitrogens is 3. The standard InChI is InChI=1S/C28H25N5O2/c1-34-22-11-7-10-21(18-22)32-14-16-33(17-15-32)26-19-24(23-12-5-6-13-25(23)29-26)28-30-27(31-35-28)20-8-3-2-4-9-20/h2-13,18-19H,14-17H2,1H3. The van der Waals surface area contributed by atoms with Crippen molar-refractivity contribution in [1.82, 2.24) is 15.1 Å². The average molecular weight is 464 g/mol. The lowest BCUT2D eigenvalue weighted by molar-refractivity contribution is 0.414. The molecular formula is C28H25N5O2. The molecule has 6 rings (SSSR count). The van der Waals surface area contributed by atoms with Crippen LogP contribution in [0.4, 0.5) is 11.5 Å². The Balaban J connectivity index is 1.30. The molecule has 2 aromatic heterocycles. The minimum Gasteiger partial charge on any atom is -0.497 e. The molecule has 0 aliphatic carbocycles. The number of hydrogen-bond donors (Lipinski definition) is 0. The minimum absolute atomic E-state index is 0.499. The highest BCUT2D eigenvalue weighted by atomic mass is 16.5. The van der Waals surface area contributed by atoms with Crippen LogP contribution in [-0.4, -0.2) is 48.4 Å². The van der Waals surface area contributed by atoms with E-state index in [0.29, 0.717) is 11.7 Å². The zero-order chi connectivity index (χ0) is 23.6. The number of ether oxygens (including phenoxy) is 1. The topological polar surface area (TPSA) is 67.5 Å². The van der Waals surface area contributed by atoms with Gasteiger partial charge in [0.2, 0.25) is 5.82 Å². The highest BCUT2D eigenvalue weighted by Crippen LogP contribution is 2.32. The Morgan fingerprint density at radius 3 is 2.37 bits per heavy atom. The summed E-state index contributed by atoms with van der Waals surface area (Å²) in [6.45, 7) is 3.52. The molecule has 35 heavy (non-hydrogen) atoms. The molecule has 3 aromatic carbocycles. The molecule has 3 heterocycles. The third-order valence-corrected chi connectivity index (χ3v) is 6.41. The number of fused-ring (bicyclic) bond motifs is 1. The van der Waals surface area contributed by atoms with Gasteiger partial charge in [-0.2, -0.15) is 4.98 Å². The van der Waals surface area contributed by atoms with Crippen molar-refractivity contribution in [2.45, 2.75) is 0 Å². The first-order valence-corrected chi connectivity index (χ1v) is 11.7. The molecule has 5 aromatic rings. The van der Waals surface area contributed by atoms with E-state index in [9.17, 15) is 0 Å². The molecule has 1 fully saturated rings. The summed E-state index contributed by atoms with van der Waals surface area (Å²) in [7, 11) is 1.70. The monoisotopic (exact) mass is 463 g/mol. The third-order valence-electron chi connectivity index (χ3n) is 6.41. The van der Waals surface area contributed by atoms with Crippen molar-refractivity contribution in [3.8, 4) is 28.6 Å². The molecule has 0 bridgehead atoms. The van der Waals surface area contributed by atoms with E-state index in [0.717, 1.165) is 59.8 Å². The van der Waals surface area contributed by atoms with Crippen LogP contribution in [0.5, 0.6) is 5.75 Å². The van der Waals surface area contributed by atoms with Crippen LogP contribution in [0.3, 0.4) is 0 Å². The summed E-state index contributed by atoms with van der Waals surface area (Å²) in [5.74, 6) is 2.87. The molecule has 0 unspecified atom stereocenters. The summed E-state index contributed by atoms with van der Waals surface area (Å²) in [4.78, 5) is 14.4. The van der Waals surface area contributed by atoms with E-state index in [-0.39, 0.29) is 0 Å². The van der Waals surface area contributed by atoms with Gasteiger partial charge in [0.1, 0.15) is 11.6 Å². The molecular weight excluding hydrogens is 438 g/mol. The van der Waals surface area contributed by atoms with Crippen LogP contribution >= 0.6 is 0 Å². The number of para-hydroxylation sites is 1. The lowest BCUT2D eigenvalue weighted by atomic mass is 10.1. The van der Waals surface area contributed by atoms with Crippen LogP contribution in [0.25, 0.3) is 33.7 Å². The minimum atomic E-state index is 0.499. The summed E-state index contributed by atoms with van der Waals surface area (Å²) in [5, 5.41) is 5.23. The predicted molar refractivity (Wildman–Crippen MR) is 138 cm³/mol. The summed E-state index contributed by atoms with van der Waals surface area (Å²) < 4.78 is 11.1. The molecule has 0 N–H and O–H groups in total. The SMILES string of the molecule is COc1cccc(N2CCN(c3cc(-c4nc(-c5ccccc5)no4)c4ccccc4n3)CC2)c1. The maximum absolute atomic E-state index is 5.72. The zero-order valence-electron chi connectivity index (χ0n) is 19.5. The molecule has 0 spiro atoms. The number of pyridine rings is 1. The first-order valence-electron chi connectivity index (χ1n) is 11.7. The van der Waals surface area contributed by atoms with Crippen molar-refractivity contribution in [1.29, 1.82) is 0 Å². The molecule has 1 saturated heterocycles. The third kappa shape index (κ3) is 4.17. The van der Waals surface area contributed by atoms with Gasteiger partial charge in [-0.05, 0) is 24.3 Å². The van der Waals surface area contributed by atoms with Crippen molar-refractivity contribution < 1.29 is 9.26 Å². The van der Waals surface area contributed by atoms with E-state index in [1.54, 1.807) is 7.11 Å². The van der Waals surface area contributed by atoms with Gasteiger partial charge in [0.15, 0.2) is 0 Å². The molecule has 7 heteroatoms. The van der Waals surface area contributed by atoms with Gasteiger partial charge in [0.25, 0.3) is 5.89 Å². The van der Waals surface area contributed by atoms with Crippen LogP contribution in [-0.2, 0) is 0 Å².